The van der Waals surface area contributed by atoms with Crippen LogP contribution in [-0.4, -0.2) is 49.0 Å². The van der Waals surface area contributed by atoms with E-state index in [-0.39, 0.29) is 17.5 Å². The first-order valence-electron chi connectivity index (χ1n) is 11.0. The summed E-state index contributed by atoms with van der Waals surface area (Å²) >= 11 is 7.77. The number of amides is 1. The summed E-state index contributed by atoms with van der Waals surface area (Å²) in [6.45, 7) is 3.78. The molecule has 9 heteroatoms. The fourth-order valence-corrected chi connectivity index (χ4v) is 5.45. The number of aromatic amines is 1. The van der Waals surface area contributed by atoms with Gasteiger partial charge in [-0.15, -0.1) is 0 Å². The number of nitrogens with zero attached hydrogens (tertiary/aromatic N) is 4. The lowest BCUT2D eigenvalue weighted by Crippen LogP contribution is -2.52. The highest BCUT2D eigenvalue weighted by atomic mass is 35.5. The van der Waals surface area contributed by atoms with Crippen molar-refractivity contribution in [1.29, 1.82) is 0 Å². The predicted molar refractivity (Wildman–Crippen MR) is 136 cm³/mol. The highest BCUT2D eigenvalue weighted by molar-refractivity contribution is 7.97. The maximum absolute atomic E-state index is 13.0. The number of halogens is 1. The number of benzene rings is 2. The number of nitrogens with one attached hydrogen (secondary N) is 1. The minimum Gasteiger partial charge on any atom is -0.360 e. The van der Waals surface area contributed by atoms with Crippen LogP contribution in [0.2, 0.25) is 5.02 Å². The van der Waals surface area contributed by atoms with Crippen molar-refractivity contribution in [3.8, 4) is 11.3 Å². The van der Waals surface area contributed by atoms with E-state index >= 15 is 0 Å². The summed E-state index contributed by atoms with van der Waals surface area (Å²) in [7, 11) is 1.64. The molecule has 1 aliphatic rings. The topological polar surface area (TPSA) is 74.2 Å². The Bertz CT molecular complexity index is 1420. The van der Waals surface area contributed by atoms with Gasteiger partial charge in [-0.3, -0.25) is 9.59 Å². The van der Waals surface area contributed by atoms with Crippen molar-refractivity contribution in [2.24, 2.45) is 7.05 Å². The van der Waals surface area contributed by atoms with Gasteiger partial charge in [0.2, 0.25) is 5.91 Å². The first-order chi connectivity index (χ1) is 16.4. The number of fused-ring (bicyclic) bond motifs is 1. The van der Waals surface area contributed by atoms with Crippen molar-refractivity contribution in [2.75, 3.05) is 13.1 Å². The monoisotopic (exact) mass is 493 g/mol. The van der Waals surface area contributed by atoms with Crippen molar-refractivity contribution in [3.05, 3.63) is 81.7 Å². The van der Waals surface area contributed by atoms with E-state index in [1.54, 1.807) is 31.3 Å². The van der Waals surface area contributed by atoms with Crippen LogP contribution in [0.1, 0.15) is 12.5 Å². The largest absolute Gasteiger partial charge is 0.360 e. The number of piperazine rings is 1. The molecule has 1 aliphatic heterocycles. The van der Waals surface area contributed by atoms with Crippen molar-refractivity contribution >= 4 is 40.4 Å². The van der Waals surface area contributed by atoms with Crippen molar-refractivity contribution in [3.63, 3.8) is 0 Å². The van der Waals surface area contributed by atoms with E-state index in [0.717, 1.165) is 39.2 Å². The second-order valence-corrected chi connectivity index (χ2v) is 10.1. The van der Waals surface area contributed by atoms with Crippen molar-refractivity contribution < 1.29 is 4.79 Å². The molecule has 4 aromatic rings. The maximum atomic E-state index is 13.0. The Morgan fingerprint density at radius 2 is 1.91 bits per heavy atom. The van der Waals surface area contributed by atoms with E-state index in [2.05, 4.69) is 27.4 Å². The van der Waals surface area contributed by atoms with E-state index in [4.69, 9.17) is 11.6 Å². The van der Waals surface area contributed by atoms with Crippen LogP contribution < -0.4 is 5.56 Å². The third-order valence-electron chi connectivity index (χ3n) is 6.03. The highest BCUT2D eigenvalue weighted by Crippen LogP contribution is 2.31. The van der Waals surface area contributed by atoms with Crippen molar-refractivity contribution in [1.82, 2.24) is 24.0 Å². The average molecular weight is 494 g/mol. The molecular weight excluding hydrogens is 470 g/mol. The van der Waals surface area contributed by atoms with Crippen LogP contribution in [0.15, 0.2) is 70.5 Å². The minimum atomic E-state index is -0.139. The number of hydrogen-bond donors (Lipinski definition) is 1. The van der Waals surface area contributed by atoms with Crippen LogP contribution in [0.25, 0.3) is 22.2 Å². The van der Waals surface area contributed by atoms with Gasteiger partial charge in [-0.1, -0.05) is 41.9 Å². The lowest BCUT2D eigenvalue weighted by Gasteiger charge is -2.39. The molecule has 3 heterocycles. The quantitative estimate of drug-likeness (QED) is 0.419. The van der Waals surface area contributed by atoms with Gasteiger partial charge in [0.05, 0.1) is 17.3 Å². The zero-order valence-electron chi connectivity index (χ0n) is 18.9. The summed E-state index contributed by atoms with van der Waals surface area (Å²) in [6, 6.07) is 17.4. The number of carbonyl (C=O) groups excluding carboxylic acids is 1. The first kappa shape index (κ1) is 22.7. The number of aryl methyl sites for hydroxylation is 1. The molecule has 7 nitrogen and oxygen atoms in total. The van der Waals surface area contributed by atoms with Crippen molar-refractivity contribution in [2.45, 2.75) is 24.4 Å². The van der Waals surface area contributed by atoms with Gasteiger partial charge in [0, 0.05) is 59.8 Å². The Hall–Kier alpha value is -3.07. The average Bonchev–Trinajstić information content (AvgIpc) is 3.18. The van der Waals surface area contributed by atoms with E-state index in [1.807, 2.05) is 41.3 Å². The normalized spacial score (nSPS) is 17.0. The molecule has 0 saturated carbocycles. The molecule has 0 spiro atoms. The zero-order valence-corrected chi connectivity index (χ0v) is 20.4. The Balaban J connectivity index is 1.23. The summed E-state index contributed by atoms with van der Waals surface area (Å²) in [4.78, 5) is 30.7. The second kappa shape index (κ2) is 9.29. The molecule has 5 rings (SSSR count). The van der Waals surface area contributed by atoms with Gasteiger partial charge >= 0.3 is 0 Å². The molecule has 174 valence electrons. The summed E-state index contributed by atoms with van der Waals surface area (Å²) in [5, 5.41) is 6.01. The third-order valence-corrected chi connectivity index (χ3v) is 7.35. The molecule has 1 amide bonds. The Kier molecular flexibility index (Phi) is 6.20. The smallest absolute Gasteiger partial charge is 0.266 e. The summed E-state index contributed by atoms with van der Waals surface area (Å²) in [5.41, 5.74) is 3.58. The van der Waals surface area contributed by atoms with Crippen LogP contribution in [-0.2, 0) is 18.4 Å². The van der Waals surface area contributed by atoms with Gasteiger partial charge in [0.25, 0.3) is 5.56 Å². The molecule has 0 aliphatic carbocycles. The van der Waals surface area contributed by atoms with Gasteiger partial charge in [-0.25, -0.2) is 8.99 Å². The number of rotatable bonds is 5. The van der Waals surface area contributed by atoms with E-state index in [9.17, 15) is 9.59 Å². The molecule has 0 bridgehead atoms. The maximum Gasteiger partial charge on any atom is 0.266 e. The summed E-state index contributed by atoms with van der Waals surface area (Å²) < 4.78 is 3.44. The molecule has 1 saturated heterocycles. The van der Waals surface area contributed by atoms with Gasteiger partial charge in [-0.05, 0) is 42.6 Å². The highest BCUT2D eigenvalue weighted by Gasteiger charge is 2.30. The van der Waals surface area contributed by atoms with Crippen LogP contribution >= 0.6 is 23.5 Å². The predicted octanol–water partition coefficient (Wildman–Crippen LogP) is 4.32. The number of H-pyrrole nitrogens is 1. The molecular formula is C25H24ClN5O2S. The summed E-state index contributed by atoms with van der Waals surface area (Å²) in [5.74, 6) is 0.110. The van der Waals surface area contributed by atoms with E-state index in [0.29, 0.717) is 18.1 Å². The lowest BCUT2D eigenvalue weighted by atomic mass is 10.1. The van der Waals surface area contributed by atoms with Gasteiger partial charge in [-0.2, -0.15) is 5.10 Å². The Morgan fingerprint density at radius 3 is 2.65 bits per heavy atom. The van der Waals surface area contributed by atoms with Crippen LogP contribution in [0.5, 0.6) is 0 Å². The molecule has 2 aromatic carbocycles. The molecule has 2 aromatic heterocycles. The Labute approximate surface area is 206 Å². The molecule has 1 unspecified atom stereocenters. The van der Waals surface area contributed by atoms with Crippen LogP contribution in [0.3, 0.4) is 0 Å². The van der Waals surface area contributed by atoms with Crippen LogP contribution in [0.4, 0.5) is 0 Å². The van der Waals surface area contributed by atoms with Crippen LogP contribution in [0, 0.1) is 0 Å². The fraction of sp³-hybridized carbons (Fsp3) is 0.240. The third kappa shape index (κ3) is 4.61. The number of carbonyl (C=O) groups is 1. The molecule has 0 radical (unpaired) electrons. The molecule has 1 N–H and O–H groups in total. The first-order valence-corrected chi connectivity index (χ1v) is 12.2. The summed E-state index contributed by atoms with van der Waals surface area (Å²) in [6.07, 6.45) is 1.79. The molecule has 1 atom stereocenters. The Morgan fingerprint density at radius 1 is 1.12 bits per heavy atom. The fourth-order valence-electron chi connectivity index (χ4n) is 4.17. The van der Waals surface area contributed by atoms with E-state index in [1.165, 1.54) is 10.7 Å². The standard InChI is InChI=1S/C25H24ClN5O2S/c1-16-13-30(34-19-7-8-20-21(26)12-27-23(20)11-19)15-25(33)31(16)14-17-3-5-18(6-4-17)22-9-10-24(32)29(2)28-22/h3-12,16,27H,13-15H2,1-2H3. The number of aromatic nitrogens is 3. The lowest BCUT2D eigenvalue weighted by molar-refractivity contribution is -0.137. The minimum absolute atomic E-state index is 0.0856. The molecule has 1 fully saturated rings. The SMILES string of the molecule is CC1CN(Sc2ccc3c(Cl)c[nH]c3c2)CC(=O)N1Cc1ccc(-c2ccc(=O)n(C)n2)cc1. The zero-order chi connectivity index (χ0) is 23.8. The molecule has 34 heavy (non-hydrogen) atoms. The van der Waals surface area contributed by atoms with Gasteiger partial charge in [0.15, 0.2) is 0 Å². The van der Waals surface area contributed by atoms with Gasteiger partial charge < -0.3 is 9.88 Å². The number of hydrogen-bond acceptors (Lipinski definition) is 5. The second-order valence-electron chi connectivity index (χ2n) is 8.51. The van der Waals surface area contributed by atoms with Gasteiger partial charge in [0.1, 0.15) is 0 Å². The van der Waals surface area contributed by atoms with E-state index < -0.39 is 0 Å².